The van der Waals surface area contributed by atoms with Crippen molar-refractivity contribution < 1.29 is 22.6 Å². The molecule has 1 fully saturated rings. The van der Waals surface area contributed by atoms with Gasteiger partial charge in [-0.25, -0.2) is 4.98 Å². The van der Waals surface area contributed by atoms with Gasteiger partial charge in [0.2, 0.25) is 12.7 Å². The summed E-state index contributed by atoms with van der Waals surface area (Å²) in [6.45, 7) is 4.99. The van der Waals surface area contributed by atoms with E-state index in [2.05, 4.69) is 50.4 Å². The zero-order valence-corrected chi connectivity index (χ0v) is 26.0. The van der Waals surface area contributed by atoms with Crippen molar-refractivity contribution in [3.05, 3.63) is 114 Å². The zero-order chi connectivity index (χ0) is 32.7. The summed E-state index contributed by atoms with van der Waals surface area (Å²) in [6, 6.07) is 25.8. The number of halogens is 3. The van der Waals surface area contributed by atoms with E-state index in [4.69, 9.17) is 19.4 Å². The molecule has 4 aromatic carbocycles. The average molecular weight is 652 g/mol. The topological polar surface area (TPSA) is 80.6 Å². The molecular weight excluding hydrogens is 619 g/mol. The smallest absolute Gasteiger partial charge is 0.416 e. The lowest BCUT2D eigenvalue weighted by molar-refractivity contribution is -0.137. The molecule has 244 valence electrons. The van der Waals surface area contributed by atoms with Crippen LogP contribution in [0, 0.1) is 0 Å². The highest BCUT2D eigenvalue weighted by molar-refractivity contribution is 5.87. The maximum Gasteiger partial charge on any atom is 0.416 e. The molecule has 0 radical (unpaired) electrons. The summed E-state index contributed by atoms with van der Waals surface area (Å²) in [5.41, 5.74) is 3.55. The van der Waals surface area contributed by atoms with E-state index < -0.39 is 11.7 Å². The third-order valence-electron chi connectivity index (χ3n) is 8.91. The molecule has 0 aliphatic carbocycles. The minimum absolute atomic E-state index is 0.254. The number of benzene rings is 4. The molecule has 2 aliphatic heterocycles. The Morgan fingerprint density at radius 2 is 1.54 bits per heavy atom. The second-order valence-electron chi connectivity index (χ2n) is 12.1. The van der Waals surface area contributed by atoms with Crippen LogP contribution in [0.3, 0.4) is 0 Å². The minimum Gasteiger partial charge on any atom is -0.454 e. The first-order valence-corrected chi connectivity index (χ1v) is 15.8. The van der Waals surface area contributed by atoms with Crippen molar-refractivity contribution in [3.8, 4) is 11.5 Å². The highest BCUT2D eigenvalue weighted by Crippen LogP contribution is 2.33. The summed E-state index contributed by atoms with van der Waals surface area (Å²) >= 11 is 0. The van der Waals surface area contributed by atoms with Crippen molar-refractivity contribution in [2.75, 3.05) is 43.2 Å². The third kappa shape index (κ3) is 6.06. The second kappa shape index (κ2) is 12.3. The Balaban J connectivity index is 1.06. The van der Waals surface area contributed by atoms with Gasteiger partial charge in [-0.3, -0.25) is 4.90 Å². The predicted molar refractivity (Wildman–Crippen MR) is 177 cm³/mol. The monoisotopic (exact) mass is 651 g/mol. The number of fused-ring (bicyclic) bond motifs is 3. The van der Waals surface area contributed by atoms with Gasteiger partial charge in [0.25, 0.3) is 0 Å². The van der Waals surface area contributed by atoms with E-state index >= 15 is 0 Å². The number of anilines is 2. The number of nitrogens with zero attached hydrogens (tertiary/aromatic N) is 6. The fourth-order valence-electron chi connectivity index (χ4n) is 6.34. The van der Waals surface area contributed by atoms with E-state index in [9.17, 15) is 13.2 Å². The lowest BCUT2D eigenvalue weighted by Gasteiger charge is -2.34. The van der Waals surface area contributed by atoms with Crippen molar-refractivity contribution >= 4 is 33.7 Å². The molecule has 0 unspecified atom stereocenters. The summed E-state index contributed by atoms with van der Waals surface area (Å²) in [5, 5.41) is 5.84. The van der Waals surface area contributed by atoms with Gasteiger partial charge < -0.3 is 24.3 Å². The van der Waals surface area contributed by atoms with Crippen LogP contribution in [0.2, 0.25) is 0 Å². The Morgan fingerprint density at radius 3 is 2.38 bits per heavy atom. The van der Waals surface area contributed by atoms with Gasteiger partial charge in [-0.2, -0.15) is 23.1 Å². The third-order valence-corrected chi connectivity index (χ3v) is 8.91. The molecule has 0 spiro atoms. The number of rotatable bonds is 8. The highest BCUT2D eigenvalue weighted by Gasteiger charge is 2.30. The highest BCUT2D eigenvalue weighted by atomic mass is 19.4. The minimum atomic E-state index is -4.39. The van der Waals surface area contributed by atoms with Crippen molar-refractivity contribution in [2.45, 2.75) is 25.8 Å². The summed E-state index contributed by atoms with van der Waals surface area (Å²) in [5.74, 6) is 2.75. The van der Waals surface area contributed by atoms with Crippen molar-refractivity contribution in [1.29, 1.82) is 0 Å². The number of hydrogen-bond acceptors (Lipinski definition) is 8. The Morgan fingerprint density at radius 1 is 0.771 bits per heavy atom. The van der Waals surface area contributed by atoms with Gasteiger partial charge in [0.05, 0.1) is 18.4 Å². The molecule has 4 heterocycles. The van der Waals surface area contributed by atoms with Gasteiger partial charge in [0, 0.05) is 39.3 Å². The summed E-state index contributed by atoms with van der Waals surface area (Å²) in [6.07, 6.45) is -2.71. The Bertz CT molecular complexity index is 2090. The predicted octanol–water partition coefficient (Wildman–Crippen LogP) is 6.71. The van der Waals surface area contributed by atoms with Gasteiger partial charge in [0.1, 0.15) is 0 Å². The fourth-order valence-corrected chi connectivity index (χ4v) is 6.34. The zero-order valence-electron chi connectivity index (χ0n) is 26.0. The number of ether oxygens (including phenoxy) is 2. The standard InChI is InChI=1S/C36H32F3N7O2/c37-36(38,39)28-11-8-24(9-12-28)21-46-22-41-32-33(40-19-27-6-3-5-26-4-1-2-7-29(26)27)42-35(43-34(32)46)45-16-14-44(15-17-45)20-25-10-13-30-31(18-25)48-23-47-30/h1-13,18,22H,14-17,19-21,23H2,(H,40,42,43). The van der Waals surface area contributed by atoms with Crippen molar-refractivity contribution in [1.82, 2.24) is 24.4 Å². The van der Waals surface area contributed by atoms with Gasteiger partial charge in [-0.15, -0.1) is 0 Å². The van der Waals surface area contributed by atoms with Crippen molar-refractivity contribution in [3.63, 3.8) is 0 Å². The van der Waals surface area contributed by atoms with Crippen LogP contribution >= 0.6 is 0 Å². The Kier molecular flexibility index (Phi) is 7.72. The number of piperazine rings is 1. The van der Waals surface area contributed by atoms with Crippen LogP contribution in [0.5, 0.6) is 11.5 Å². The van der Waals surface area contributed by atoms with E-state index in [1.807, 2.05) is 34.9 Å². The normalized spacial score (nSPS) is 15.0. The first-order valence-electron chi connectivity index (χ1n) is 15.8. The number of aromatic nitrogens is 4. The van der Waals surface area contributed by atoms with Crippen LogP contribution in [-0.4, -0.2) is 57.4 Å². The molecule has 2 aliphatic rings. The molecule has 8 rings (SSSR count). The number of hydrogen-bond donors (Lipinski definition) is 1. The maximum absolute atomic E-state index is 13.2. The Hall–Kier alpha value is -5.36. The van der Waals surface area contributed by atoms with Crippen LogP contribution in [0.1, 0.15) is 22.3 Å². The van der Waals surface area contributed by atoms with Crippen LogP contribution in [0.15, 0.2) is 91.3 Å². The lowest BCUT2D eigenvalue weighted by atomic mass is 10.0. The van der Waals surface area contributed by atoms with E-state index in [-0.39, 0.29) is 6.79 Å². The van der Waals surface area contributed by atoms with Crippen molar-refractivity contribution in [2.24, 2.45) is 0 Å². The summed E-state index contributed by atoms with van der Waals surface area (Å²) < 4.78 is 52.4. The van der Waals surface area contributed by atoms with Gasteiger partial charge in [-0.1, -0.05) is 60.7 Å². The fraction of sp³-hybridized carbons (Fsp3) is 0.250. The molecule has 2 aromatic heterocycles. The van der Waals surface area contributed by atoms with Crippen LogP contribution in [0.25, 0.3) is 21.9 Å². The van der Waals surface area contributed by atoms with Crippen LogP contribution in [0.4, 0.5) is 24.9 Å². The maximum atomic E-state index is 13.2. The molecule has 12 heteroatoms. The molecule has 0 amide bonds. The quantitative estimate of drug-likeness (QED) is 0.195. The van der Waals surface area contributed by atoms with E-state index in [1.54, 1.807) is 6.33 Å². The largest absolute Gasteiger partial charge is 0.454 e. The van der Waals surface area contributed by atoms with Gasteiger partial charge in [-0.05, 0) is 51.7 Å². The molecule has 0 saturated carbocycles. The first-order chi connectivity index (χ1) is 23.4. The van der Waals surface area contributed by atoms with Crippen LogP contribution in [-0.2, 0) is 25.8 Å². The SMILES string of the molecule is FC(F)(F)c1ccc(Cn2cnc3c(NCc4cccc5ccccc45)nc(N4CCN(Cc5ccc6c(c5)OCO6)CC4)nc32)cc1. The van der Waals surface area contributed by atoms with E-state index in [0.29, 0.717) is 41.6 Å². The second-order valence-corrected chi connectivity index (χ2v) is 12.1. The number of alkyl halides is 3. The number of nitrogens with one attached hydrogen (secondary N) is 1. The molecule has 6 aromatic rings. The molecular formula is C36H32F3N7O2. The van der Waals surface area contributed by atoms with Gasteiger partial charge >= 0.3 is 6.18 Å². The first kappa shape index (κ1) is 30.0. The summed E-state index contributed by atoms with van der Waals surface area (Å²) in [7, 11) is 0. The molecule has 0 atom stereocenters. The molecule has 1 N–H and O–H groups in total. The van der Waals surface area contributed by atoms with Crippen LogP contribution < -0.4 is 19.7 Å². The van der Waals surface area contributed by atoms with Gasteiger partial charge in [0.15, 0.2) is 28.5 Å². The number of imidazole rings is 1. The van der Waals surface area contributed by atoms with E-state index in [1.165, 1.54) is 12.1 Å². The molecule has 48 heavy (non-hydrogen) atoms. The molecule has 9 nitrogen and oxygen atoms in total. The average Bonchev–Trinajstić information content (AvgIpc) is 3.74. The Labute approximate surface area is 274 Å². The van der Waals surface area contributed by atoms with E-state index in [0.717, 1.165) is 78.3 Å². The molecule has 1 saturated heterocycles. The lowest BCUT2D eigenvalue weighted by Crippen LogP contribution is -2.46. The molecule has 0 bridgehead atoms. The summed E-state index contributed by atoms with van der Waals surface area (Å²) in [4.78, 5) is 19.2.